The van der Waals surface area contributed by atoms with Crippen LogP contribution in [0.1, 0.15) is 25.7 Å². The number of hydrogen-bond acceptors (Lipinski definition) is 4. The lowest BCUT2D eigenvalue weighted by atomic mass is 10.1. The number of nitriles is 1. The minimum Gasteiger partial charge on any atom is -0.343 e. The molecule has 1 fully saturated rings. The molecular formula is C11H18N6O. The Kier molecular flexibility index (Phi) is 6.62. The van der Waals surface area contributed by atoms with Gasteiger partial charge in [0.05, 0.1) is 12.5 Å². The van der Waals surface area contributed by atoms with E-state index in [-0.39, 0.29) is 18.9 Å². The van der Waals surface area contributed by atoms with Gasteiger partial charge in [0, 0.05) is 31.1 Å². The van der Waals surface area contributed by atoms with Gasteiger partial charge >= 0.3 is 0 Å². The Morgan fingerprint density at radius 1 is 1.50 bits per heavy atom. The summed E-state index contributed by atoms with van der Waals surface area (Å²) < 4.78 is 0. The number of rotatable bonds is 6. The molecule has 0 saturated carbocycles. The lowest BCUT2D eigenvalue weighted by molar-refractivity contribution is -0.132. The van der Waals surface area contributed by atoms with Gasteiger partial charge < -0.3 is 10.2 Å². The van der Waals surface area contributed by atoms with Gasteiger partial charge in [0.1, 0.15) is 6.04 Å². The van der Waals surface area contributed by atoms with Crippen molar-refractivity contribution in [3.63, 3.8) is 0 Å². The predicted octanol–water partition coefficient (Wildman–Crippen LogP) is 1.18. The first-order valence-electron chi connectivity index (χ1n) is 6.19. The van der Waals surface area contributed by atoms with Gasteiger partial charge in [0.25, 0.3) is 0 Å². The molecule has 0 radical (unpaired) electrons. The third kappa shape index (κ3) is 5.04. The maximum Gasteiger partial charge on any atom is 0.225 e. The van der Waals surface area contributed by atoms with E-state index in [9.17, 15) is 4.79 Å². The molecule has 7 heteroatoms. The SMILES string of the molecule is N#CC(CC(=O)N1CCCCC1)NCCN=[N+]=[N-]. The molecule has 1 amide bonds. The van der Waals surface area contributed by atoms with Crippen molar-refractivity contribution in [2.24, 2.45) is 5.11 Å². The van der Waals surface area contributed by atoms with Crippen LogP contribution in [0.3, 0.4) is 0 Å². The van der Waals surface area contributed by atoms with E-state index in [1.807, 2.05) is 4.90 Å². The van der Waals surface area contributed by atoms with Crippen LogP contribution in [0.2, 0.25) is 0 Å². The lowest BCUT2D eigenvalue weighted by Crippen LogP contribution is -2.40. The zero-order valence-corrected chi connectivity index (χ0v) is 10.4. The third-order valence-corrected chi connectivity index (χ3v) is 2.91. The Morgan fingerprint density at radius 2 is 2.22 bits per heavy atom. The highest BCUT2D eigenvalue weighted by molar-refractivity contribution is 5.77. The van der Waals surface area contributed by atoms with E-state index in [0.29, 0.717) is 6.54 Å². The van der Waals surface area contributed by atoms with Crippen LogP contribution in [0.25, 0.3) is 10.4 Å². The summed E-state index contributed by atoms with van der Waals surface area (Å²) in [5, 5.41) is 15.2. The first kappa shape index (κ1) is 14.3. The topological polar surface area (TPSA) is 105 Å². The zero-order chi connectivity index (χ0) is 13.2. The van der Waals surface area contributed by atoms with Crippen LogP contribution in [-0.4, -0.2) is 43.0 Å². The predicted molar refractivity (Wildman–Crippen MR) is 66.5 cm³/mol. The van der Waals surface area contributed by atoms with E-state index < -0.39 is 6.04 Å². The highest BCUT2D eigenvalue weighted by atomic mass is 16.2. The van der Waals surface area contributed by atoms with Crippen molar-refractivity contribution in [3.05, 3.63) is 10.4 Å². The number of piperidine rings is 1. The second kappa shape index (κ2) is 8.34. The number of carbonyl (C=O) groups excluding carboxylic acids is 1. The number of amides is 1. The number of hydrogen-bond donors (Lipinski definition) is 1. The zero-order valence-electron chi connectivity index (χ0n) is 10.4. The van der Waals surface area contributed by atoms with E-state index in [4.69, 9.17) is 10.8 Å². The number of nitrogens with zero attached hydrogens (tertiary/aromatic N) is 5. The van der Waals surface area contributed by atoms with Gasteiger partial charge in [-0.1, -0.05) is 5.11 Å². The van der Waals surface area contributed by atoms with Crippen LogP contribution in [0, 0.1) is 11.3 Å². The van der Waals surface area contributed by atoms with Gasteiger partial charge in [-0.25, -0.2) is 0 Å². The molecule has 98 valence electrons. The van der Waals surface area contributed by atoms with Gasteiger partial charge in [-0.15, -0.1) is 0 Å². The van der Waals surface area contributed by atoms with Crippen LogP contribution >= 0.6 is 0 Å². The molecule has 0 aromatic carbocycles. The molecule has 18 heavy (non-hydrogen) atoms. The fourth-order valence-corrected chi connectivity index (χ4v) is 1.94. The average Bonchev–Trinajstić information content (AvgIpc) is 2.43. The minimum atomic E-state index is -0.506. The summed E-state index contributed by atoms with van der Waals surface area (Å²) in [5.41, 5.74) is 8.11. The number of nitrogens with one attached hydrogen (secondary N) is 1. The van der Waals surface area contributed by atoms with Crippen LogP contribution in [-0.2, 0) is 4.79 Å². The molecule has 1 heterocycles. The summed E-state index contributed by atoms with van der Waals surface area (Å²) in [6, 6.07) is 1.55. The molecule has 1 aliphatic heterocycles. The Labute approximate surface area is 106 Å². The number of azide groups is 1. The molecule has 0 aliphatic carbocycles. The standard InChI is InChI=1S/C11H18N6O/c12-9-10(14-4-5-15-16-13)8-11(18)17-6-2-1-3-7-17/h10,14H,1-8H2. The lowest BCUT2D eigenvalue weighted by Gasteiger charge is -2.27. The summed E-state index contributed by atoms with van der Waals surface area (Å²) in [5.74, 6) is 0.0255. The van der Waals surface area contributed by atoms with Crippen molar-refractivity contribution in [2.45, 2.75) is 31.7 Å². The smallest absolute Gasteiger partial charge is 0.225 e. The van der Waals surface area contributed by atoms with Crippen molar-refractivity contribution < 1.29 is 4.79 Å². The van der Waals surface area contributed by atoms with Crippen LogP contribution < -0.4 is 5.32 Å². The van der Waals surface area contributed by atoms with E-state index in [2.05, 4.69) is 21.4 Å². The molecule has 1 unspecified atom stereocenters. The molecule has 7 nitrogen and oxygen atoms in total. The Morgan fingerprint density at radius 3 is 2.83 bits per heavy atom. The summed E-state index contributed by atoms with van der Waals surface area (Å²) in [4.78, 5) is 16.4. The fraction of sp³-hybridized carbons (Fsp3) is 0.818. The molecule has 1 saturated heterocycles. The normalized spacial score (nSPS) is 16.5. The largest absolute Gasteiger partial charge is 0.343 e. The molecule has 0 aromatic heterocycles. The van der Waals surface area contributed by atoms with Crippen molar-refractivity contribution >= 4 is 5.91 Å². The Balaban J connectivity index is 2.30. The van der Waals surface area contributed by atoms with E-state index >= 15 is 0 Å². The van der Waals surface area contributed by atoms with Crippen molar-refractivity contribution in [1.82, 2.24) is 10.2 Å². The van der Waals surface area contributed by atoms with E-state index in [1.54, 1.807) is 0 Å². The first-order valence-corrected chi connectivity index (χ1v) is 6.19. The molecule has 0 aromatic rings. The molecule has 0 bridgehead atoms. The van der Waals surface area contributed by atoms with Crippen LogP contribution in [0.5, 0.6) is 0 Å². The molecular weight excluding hydrogens is 232 g/mol. The van der Waals surface area contributed by atoms with E-state index in [1.165, 1.54) is 6.42 Å². The molecule has 1 aliphatic rings. The third-order valence-electron chi connectivity index (χ3n) is 2.91. The quantitative estimate of drug-likeness (QED) is 0.331. The maximum absolute atomic E-state index is 11.9. The second-order valence-corrected chi connectivity index (χ2v) is 4.24. The average molecular weight is 250 g/mol. The van der Waals surface area contributed by atoms with Crippen LogP contribution in [0.4, 0.5) is 0 Å². The highest BCUT2D eigenvalue weighted by Gasteiger charge is 2.20. The van der Waals surface area contributed by atoms with Gasteiger partial charge in [-0.3, -0.25) is 4.79 Å². The Bertz CT molecular complexity index is 351. The van der Waals surface area contributed by atoms with Crippen molar-refractivity contribution in [2.75, 3.05) is 26.2 Å². The van der Waals surface area contributed by atoms with Crippen LogP contribution in [0.15, 0.2) is 5.11 Å². The monoisotopic (exact) mass is 250 g/mol. The van der Waals surface area contributed by atoms with Gasteiger partial charge in [0.15, 0.2) is 0 Å². The summed E-state index contributed by atoms with van der Waals surface area (Å²) in [6.07, 6.45) is 3.46. The van der Waals surface area contributed by atoms with Gasteiger partial charge in [-0.05, 0) is 24.8 Å². The van der Waals surface area contributed by atoms with Crippen molar-refractivity contribution in [3.8, 4) is 6.07 Å². The molecule has 1 N–H and O–H groups in total. The maximum atomic E-state index is 11.9. The van der Waals surface area contributed by atoms with Gasteiger partial charge in [0.2, 0.25) is 5.91 Å². The highest BCUT2D eigenvalue weighted by Crippen LogP contribution is 2.10. The second-order valence-electron chi connectivity index (χ2n) is 4.24. The minimum absolute atomic E-state index is 0.0255. The van der Waals surface area contributed by atoms with E-state index in [0.717, 1.165) is 25.9 Å². The summed E-state index contributed by atoms with van der Waals surface area (Å²) in [7, 11) is 0. The van der Waals surface area contributed by atoms with Gasteiger partial charge in [-0.2, -0.15) is 5.26 Å². The fourth-order valence-electron chi connectivity index (χ4n) is 1.94. The molecule has 1 atom stereocenters. The summed E-state index contributed by atoms with van der Waals surface area (Å²) >= 11 is 0. The molecule has 1 rings (SSSR count). The number of likely N-dealkylation sites (tertiary alicyclic amines) is 1. The number of carbonyl (C=O) groups is 1. The van der Waals surface area contributed by atoms with Crippen molar-refractivity contribution in [1.29, 1.82) is 5.26 Å². The Hall–Kier alpha value is -1.77. The summed E-state index contributed by atoms with van der Waals surface area (Å²) in [6.45, 7) is 2.30. The molecule has 0 spiro atoms. The first-order chi connectivity index (χ1) is 8.77.